The van der Waals surface area contributed by atoms with Crippen LogP contribution in [0.5, 0.6) is 0 Å². The summed E-state index contributed by atoms with van der Waals surface area (Å²) < 4.78 is 20.4. The van der Waals surface area contributed by atoms with Gasteiger partial charge in [0.05, 0.1) is 6.54 Å². The Bertz CT molecular complexity index is 512. The van der Waals surface area contributed by atoms with Gasteiger partial charge in [-0.05, 0) is 57.2 Å². The quantitative estimate of drug-likeness (QED) is 0.907. The first kappa shape index (κ1) is 14.6. The van der Waals surface area contributed by atoms with Crippen LogP contribution in [-0.2, 0) is 11.3 Å². The van der Waals surface area contributed by atoms with E-state index in [0.29, 0.717) is 31.8 Å². The molecule has 1 atom stereocenters. The molecule has 1 amide bonds. The van der Waals surface area contributed by atoms with Crippen LogP contribution in [-0.4, -0.2) is 36.1 Å². The summed E-state index contributed by atoms with van der Waals surface area (Å²) in [7, 11) is 0. The number of amides is 1. The lowest BCUT2D eigenvalue weighted by Gasteiger charge is -2.35. The molecule has 0 spiro atoms. The second-order valence-corrected chi connectivity index (χ2v) is 6.45. The molecule has 2 heterocycles. The zero-order valence-corrected chi connectivity index (χ0v) is 12.5. The standard InChI is InChI=1S/C16H23FN2O2/c1-12-3-6-14(21-12)10-19-8-2-7-16(17,11-19)15(20)18-9-13-4-5-13/h3,6,13H,2,4-5,7-11H2,1H3,(H,18,20). The van der Waals surface area contributed by atoms with Gasteiger partial charge >= 0.3 is 0 Å². The van der Waals surface area contributed by atoms with Crippen LogP contribution in [0.1, 0.15) is 37.2 Å². The fourth-order valence-corrected chi connectivity index (χ4v) is 2.92. The minimum absolute atomic E-state index is 0.156. The third kappa shape index (κ3) is 3.64. The largest absolute Gasteiger partial charge is 0.465 e. The second kappa shape index (κ2) is 5.79. The molecular weight excluding hydrogens is 271 g/mol. The molecule has 4 nitrogen and oxygen atoms in total. The number of alkyl halides is 1. The summed E-state index contributed by atoms with van der Waals surface area (Å²) in [4.78, 5) is 14.1. The number of furan rings is 1. The van der Waals surface area contributed by atoms with Crippen molar-refractivity contribution in [3.05, 3.63) is 23.7 Å². The molecule has 1 N–H and O–H groups in total. The van der Waals surface area contributed by atoms with Gasteiger partial charge in [-0.1, -0.05) is 0 Å². The summed E-state index contributed by atoms with van der Waals surface area (Å²) >= 11 is 0. The highest BCUT2D eigenvalue weighted by Crippen LogP contribution is 2.30. The summed E-state index contributed by atoms with van der Waals surface area (Å²) in [5.74, 6) is 1.82. The van der Waals surface area contributed by atoms with Crippen LogP contribution in [0, 0.1) is 12.8 Å². The number of aryl methyl sites for hydroxylation is 1. The van der Waals surface area contributed by atoms with E-state index in [0.717, 1.165) is 30.9 Å². The maximum absolute atomic E-state index is 14.9. The van der Waals surface area contributed by atoms with Gasteiger partial charge in [-0.3, -0.25) is 9.69 Å². The third-order valence-corrected chi connectivity index (χ3v) is 4.35. The van der Waals surface area contributed by atoms with Crippen molar-refractivity contribution in [3.8, 4) is 0 Å². The van der Waals surface area contributed by atoms with E-state index < -0.39 is 11.6 Å². The van der Waals surface area contributed by atoms with Crippen molar-refractivity contribution in [2.45, 2.75) is 44.8 Å². The summed E-state index contributed by atoms with van der Waals surface area (Å²) in [6, 6.07) is 3.82. The van der Waals surface area contributed by atoms with Crippen LogP contribution < -0.4 is 5.32 Å². The molecule has 1 unspecified atom stereocenters. The van der Waals surface area contributed by atoms with E-state index in [-0.39, 0.29) is 6.54 Å². The smallest absolute Gasteiger partial charge is 0.259 e. The average Bonchev–Trinajstić information content (AvgIpc) is 3.19. The molecular formula is C16H23FN2O2. The number of rotatable bonds is 5. The van der Waals surface area contributed by atoms with Gasteiger partial charge in [0, 0.05) is 13.1 Å². The van der Waals surface area contributed by atoms with E-state index in [4.69, 9.17) is 4.42 Å². The second-order valence-electron chi connectivity index (χ2n) is 6.45. The van der Waals surface area contributed by atoms with E-state index in [2.05, 4.69) is 5.32 Å². The number of hydrogen-bond donors (Lipinski definition) is 1. The van der Waals surface area contributed by atoms with Crippen molar-refractivity contribution in [2.24, 2.45) is 5.92 Å². The maximum atomic E-state index is 14.9. The van der Waals surface area contributed by atoms with Gasteiger partial charge in [-0.25, -0.2) is 4.39 Å². The van der Waals surface area contributed by atoms with Crippen LogP contribution >= 0.6 is 0 Å². The third-order valence-electron chi connectivity index (χ3n) is 4.35. The van der Waals surface area contributed by atoms with E-state index >= 15 is 0 Å². The van der Waals surface area contributed by atoms with E-state index in [1.807, 2.05) is 24.0 Å². The molecule has 2 fully saturated rings. The lowest BCUT2D eigenvalue weighted by atomic mass is 9.93. The van der Waals surface area contributed by atoms with Gasteiger partial charge < -0.3 is 9.73 Å². The Labute approximate surface area is 124 Å². The summed E-state index contributed by atoms with van der Waals surface area (Å²) in [5, 5.41) is 2.78. The molecule has 0 aromatic carbocycles. The Hall–Kier alpha value is -1.36. The molecule has 21 heavy (non-hydrogen) atoms. The van der Waals surface area contributed by atoms with Gasteiger partial charge in [0.2, 0.25) is 5.67 Å². The number of hydrogen-bond acceptors (Lipinski definition) is 3. The Balaban J connectivity index is 1.56. The van der Waals surface area contributed by atoms with Crippen LogP contribution in [0.15, 0.2) is 16.5 Å². The van der Waals surface area contributed by atoms with Crippen LogP contribution in [0.4, 0.5) is 4.39 Å². The van der Waals surface area contributed by atoms with Crippen molar-refractivity contribution < 1.29 is 13.6 Å². The number of halogens is 1. The molecule has 5 heteroatoms. The Morgan fingerprint density at radius 2 is 2.33 bits per heavy atom. The molecule has 1 aliphatic heterocycles. The van der Waals surface area contributed by atoms with Crippen molar-refractivity contribution in [3.63, 3.8) is 0 Å². The molecule has 1 aliphatic carbocycles. The van der Waals surface area contributed by atoms with Crippen LogP contribution in [0.3, 0.4) is 0 Å². The molecule has 116 valence electrons. The summed E-state index contributed by atoms with van der Waals surface area (Å²) in [6.45, 7) is 4.05. The molecule has 1 aromatic rings. The zero-order valence-electron chi connectivity index (χ0n) is 12.5. The molecule has 1 saturated carbocycles. The highest BCUT2D eigenvalue weighted by atomic mass is 19.1. The van der Waals surface area contributed by atoms with Crippen molar-refractivity contribution in [1.29, 1.82) is 0 Å². The number of nitrogens with zero attached hydrogens (tertiary/aromatic N) is 1. The lowest BCUT2D eigenvalue weighted by Crippen LogP contribution is -2.54. The Kier molecular flexibility index (Phi) is 4.02. The van der Waals surface area contributed by atoms with E-state index in [1.165, 1.54) is 0 Å². The molecule has 0 radical (unpaired) electrons. The van der Waals surface area contributed by atoms with Gasteiger partial charge in [0.1, 0.15) is 11.5 Å². The lowest BCUT2D eigenvalue weighted by molar-refractivity contribution is -0.137. The minimum Gasteiger partial charge on any atom is -0.465 e. The highest BCUT2D eigenvalue weighted by molar-refractivity contribution is 5.85. The first-order chi connectivity index (χ1) is 10.0. The molecule has 0 bridgehead atoms. The van der Waals surface area contributed by atoms with Crippen LogP contribution in [0.25, 0.3) is 0 Å². The number of carbonyl (C=O) groups is 1. The van der Waals surface area contributed by atoms with Gasteiger partial charge in [0.25, 0.3) is 5.91 Å². The van der Waals surface area contributed by atoms with E-state index in [1.54, 1.807) is 0 Å². The number of nitrogens with one attached hydrogen (secondary N) is 1. The number of likely N-dealkylation sites (tertiary alicyclic amines) is 1. The van der Waals surface area contributed by atoms with Gasteiger partial charge in [-0.2, -0.15) is 0 Å². The maximum Gasteiger partial charge on any atom is 0.259 e. The Morgan fingerprint density at radius 3 is 3.00 bits per heavy atom. The highest BCUT2D eigenvalue weighted by Gasteiger charge is 2.43. The van der Waals surface area contributed by atoms with E-state index in [9.17, 15) is 9.18 Å². The van der Waals surface area contributed by atoms with Crippen molar-refractivity contribution in [1.82, 2.24) is 10.2 Å². The molecule has 3 rings (SSSR count). The summed E-state index contributed by atoms with van der Waals surface area (Å²) in [5.41, 5.74) is -1.76. The van der Waals surface area contributed by atoms with Crippen LogP contribution in [0.2, 0.25) is 0 Å². The average molecular weight is 294 g/mol. The molecule has 1 aromatic heterocycles. The number of carbonyl (C=O) groups excluding carboxylic acids is 1. The molecule has 1 saturated heterocycles. The van der Waals surface area contributed by atoms with Crippen molar-refractivity contribution >= 4 is 5.91 Å². The first-order valence-electron chi connectivity index (χ1n) is 7.80. The predicted octanol–water partition coefficient (Wildman–Crippen LogP) is 2.42. The Morgan fingerprint density at radius 1 is 1.52 bits per heavy atom. The fourth-order valence-electron chi connectivity index (χ4n) is 2.92. The topological polar surface area (TPSA) is 45.5 Å². The first-order valence-corrected chi connectivity index (χ1v) is 7.80. The SMILES string of the molecule is Cc1ccc(CN2CCCC(F)(C(=O)NCC3CC3)C2)o1. The zero-order chi connectivity index (χ0) is 14.9. The molecule has 2 aliphatic rings. The number of piperidine rings is 1. The predicted molar refractivity (Wildman–Crippen MR) is 77.5 cm³/mol. The monoisotopic (exact) mass is 294 g/mol. The normalized spacial score (nSPS) is 26.8. The van der Waals surface area contributed by atoms with Gasteiger partial charge in [0.15, 0.2) is 0 Å². The fraction of sp³-hybridized carbons (Fsp3) is 0.688. The summed E-state index contributed by atoms with van der Waals surface area (Å²) in [6.07, 6.45) is 3.33. The minimum atomic E-state index is -1.76. The van der Waals surface area contributed by atoms with Crippen molar-refractivity contribution in [2.75, 3.05) is 19.6 Å². The van der Waals surface area contributed by atoms with Gasteiger partial charge in [-0.15, -0.1) is 0 Å².